The molecule has 0 unspecified atom stereocenters. The molecule has 7 heteroatoms. The van der Waals surface area contributed by atoms with Gasteiger partial charge < -0.3 is 19.3 Å². The molecule has 0 spiro atoms. The normalized spacial score (nSPS) is 10.7. The van der Waals surface area contributed by atoms with Crippen molar-refractivity contribution in [3.8, 4) is 17.2 Å². The topological polar surface area (TPSA) is 82.1 Å². The summed E-state index contributed by atoms with van der Waals surface area (Å²) in [6, 6.07) is 10.5. The van der Waals surface area contributed by atoms with Crippen LogP contribution in [0.3, 0.4) is 0 Å². The van der Waals surface area contributed by atoms with Crippen molar-refractivity contribution < 1.29 is 28.9 Å². The van der Waals surface area contributed by atoms with Gasteiger partial charge in [-0.3, -0.25) is 9.59 Å². The maximum absolute atomic E-state index is 12.6. The largest absolute Gasteiger partial charge is 0.497 e. The lowest BCUT2D eigenvalue weighted by molar-refractivity contribution is -0.133. The van der Waals surface area contributed by atoms with Gasteiger partial charge in [-0.25, -0.2) is 0 Å². The number of hydrogen-bond donors (Lipinski definition) is 1. The van der Waals surface area contributed by atoms with Gasteiger partial charge in [0.2, 0.25) is 0 Å². The number of carbonyl (C=O) groups excluding carboxylic acids is 1. The lowest BCUT2D eigenvalue weighted by atomic mass is 10.1. The first-order valence-corrected chi connectivity index (χ1v) is 9.54. The molecule has 0 fully saturated rings. The van der Waals surface area contributed by atoms with Crippen molar-refractivity contribution in [1.82, 2.24) is 0 Å². The van der Waals surface area contributed by atoms with Crippen LogP contribution in [0, 0.1) is 0 Å². The number of benzene rings is 2. The number of aliphatic carboxylic acids is 1. The second kappa shape index (κ2) is 10.4. The molecule has 0 radical (unpaired) electrons. The van der Waals surface area contributed by atoms with Crippen LogP contribution < -0.4 is 14.2 Å². The molecule has 0 atom stereocenters. The molecule has 2 aromatic rings. The predicted molar refractivity (Wildman–Crippen MR) is 110 cm³/mol. The highest BCUT2D eigenvalue weighted by molar-refractivity contribution is 7.99. The van der Waals surface area contributed by atoms with Gasteiger partial charge in [0.05, 0.1) is 27.1 Å². The molecule has 0 saturated heterocycles. The summed E-state index contributed by atoms with van der Waals surface area (Å²) >= 11 is 1.25. The van der Waals surface area contributed by atoms with Crippen LogP contribution in [0.5, 0.6) is 17.2 Å². The van der Waals surface area contributed by atoms with E-state index >= 15 is 0 Å². The van der Waals surface area contributed by atoms with Gasteiger partial charge in [-0.1, -0.05) is 6.08 Å². The first-order valence-electron chi connectivity index (χ1n) is 8.38. The Kier molecular flexibility index (Phi) is 7.95. The first-order chi connectivity index (χ1) is 13.5. The zero-order valence-corrected chi connectivity index (χ0v) is 16.7. The van der Waals surface area contributed by atoms with Crippen LogP contribution in [0.15, 0.2) is 42.5 Å². The molecule has 0 aliphatic rings. The second-order valence-electron chi connectivity index (χ2n) is 5.76. The summed E-state index contributed by atoms with van der Waals surface area (Å²) in [4.78, 5) is 23.3. The van der Waals surface area contributed by atoms with E-state index in [2.05, 4.69) is 0 Å². The van der Waals surface area contributed by atoms with Crippen LogP contribution in [0.2, 0.25) is 0 Å². The molecular weight excluding hydrogens is 380 g/mol. The van der Waals surface area contributed by atoms with Crippen molar-refractivity contribution in [3.05, 3.63) is 59.2 Å². The number of ketones is 1. The number of carboxylic acids is 1. The first kappa shape index (κ1) is 21.4. The zero-order chi connectivity index (χ0) is 20.5. The number of rotatable bonds is 10. The SMILES string of the molecule is COc1cc(/C=C/C(=O)c2ccc(OC)c(CSCC(=O)O)c2)cc(OC)c1. The van der Waals surface area contributed by atoms with E-state index in [-0.39, 0.29) is 11.5 Å². The fourth-order valence-corrected chi connectivity index (χ4v) is 3.21. The average molecular weight is 402 g/mol. The number of hydrogen-bond acceptors (Lipinski definition) is 6. The Morgan fingerprint density at radius 1 is 1.00 bits per heavy atom. The van der Waals surface area contributed by atoms with Crippen molar-refractivity contribution in [1.29, 1.82) is 0 Å². The number of thioether (sulfide) groups is 1. The summed E-state index contributed by atoms with van der Waals surface area (Å²) in [6.07, 6.45) is 3.17. The highest BCUT2D eigenvalue weighted by Gasteiger charge is 2.10. The molecular formula is C21H22O6S. The van der Waals surface area contributed by atoms with E-state index in [4.69, 9.17) is 19.3 Å². The van der Waals surface area contributed by atoms with Crippen LogP contribution in [-0.4, -0.2) is 43.9 Å². The van der Waals surface area contributed by atoms with Gasteiger partial charge >= 0.3 is 5.97 Å². The molecule has 28 heavy (non-hydrogen) atoms. The molecule has 0 saturated carbocycles. The fraction of sp³-hybridized carbons (Fsp3) is 0.238. The molecule has 0 heterocycles. The van der Waals surface area contributed by atoms with E-state index in [9.17, 15) is 9.59 Å². The number of ether oxygens (including phenoxy) is 3. The van der Waals surface area contributed by atoms with E-state index in [0.29, 0.717) is 28.6 Å². The van der Waals surface area contributed by atoms with E-state index in [1.54, 1.807) is 56.7 Å². The lowest BCUT2D eigenvalue weighted by Crippen LogP contribution is -2.01. The Hall–Kier alpha value is -2.93. The van der Waals surface area contributed by atoms with Crippen molar-refractivity contribution >= 4 is 29.6 Å². The van der Waals surface area contributed by atoms with Gasteiger partial charge in [-0.15, -0.1) is 11.8 Å². The number of carbonyl (C=O) groups is 2. The fourth-order valence-electron chi connectivity index (χ4n) is 2.49. The Morgan fingerprint density at radius 2 is 1.68 bits per heavy atom. The Morgan fingerprint density at radius 3 is 2.25 bits per heavy atom. The average Bonchev–Trinajstić information content (AvgIpc) is 2.71. The summed E-state index contributed by atoms with van der Waals surface area (Å²) in [6.45, 7) is 0. The summed E-state index contributed by atoms with van der Waals surface area (Å²) in [5, 5.41) is 8.78. The van der Waals surface area contributed by atoms with Gasteiger partial charge in [0.1, 0.15) is 17.2 Å². The molecule has 0 aliphatic carbocycles. The molecule has 0 aromatic heterocycles. The smallest absolute Gasteiger partial charge is 0.313 e. The van der Waals surface area contributed by atoms with Crippen LogP contribution in [0.4, 0.5) is 0 Å². The van der Waals surface area contributed by atoms with E-state index in [0.717, 1.165) is 11.1 Å². The van der Waals surface area contributed by atoms with Crippen LogP contribution in [-0.2, 0) is 10.5 Å². The molecule has 2 rings (SSSR count). The summed E-state index contributed by atoms with van der Waals surface area (Å²) in [7, 11) is 4.67. The minimum absolute atomic E-state index is 0.0150. The Balaban J connectivity index is 2.19. The van der Waals surface area contributed by atoms with Crippen molar-refractivity contribution in [2.24, 2.45) is 0 Å². The monoisotopic (exact) mass is 402 g/mol. The Bertz CT molecular complexity index is 853. The van der Waals surface area contributed by atoms with Crippen molar-refractivity contribution in [2.75, 3.05) is 27.1 Å². The van der Waals surface area contributed by atoms with Crippen molar-refractivity contribution in [3.63, 3.8) is 0 Å². The van der Waals surface area contributed by atoms with Gasteiger partial charge in [-0.2, -0.15) is 0 Å². The molecule has 0 amide bonds. The number of carboxylic acid groups (broad SMARTS) is 1. The van der Waals surface area contributed by atoms with Gasteiger partial charge in [0.15, 0.2) is 5.78 Å². The van der Waals surface area contributed by atoms with Gasteiger partial charge in [-0.05, 0) is 42.0 Å². The molecule has 148 valence electrons. The Labute approximate surface area is 168 Å². The standard InChI is InChI=1S/C21H22O6S/c1-25-17-8-14(9-18(11-17)26-2)4-6-19(22)15-5-7-20(27-3)16(10-15)12-28-13-21(23)24/h4-11H,12-13H2,1-3H3,(H,23,24)/b6-4+. The molecule has 0 aliphatic heterocycles. The summed E-state index contributed by atoms with van der Waals surface area (Å²) in [5.41, 5.74) is 2.05. The molecule has 0 bridgehead atoms. The van der Waals surface area contributed by atoms with E-state index < -0.39 is 5.97 Å². The van der Waals surface area contributed by atoms with Crippen molar-refractivity contribution in [2.45, 2.75) is 5.75 Å². The maximum atomic E-state index is 12.6. The second-order valence-corrected chi connectivity index (χ2v) is 6.74. The molecule has 1 N–H and O–H groups in total. The third-order valence-corrected chi connectivity index (χ3v) is 4.82. The highest BCUT2D eigenvalue weighted by atomic mass is 32.2. The zero-order valence-electron chi connectivity index (χ0n) is 15.9. The number of allylic oxidation sites excluding steroid dienone is 1. The summed E-state index contributed by atoms with van der Waals surface area (Å²) in [5.74, 6) is 1.26. The van der Waals surface area contributed by atoms with Gasteiger partial charge in [0, 0.05) is 22.9 Å². The quantitative estimate of drug-likeness (QED) is 0.476. The predicted octanol–water partition coefficient (Wildman–Crippen LogP) is 3.93. The highest BCUT2D eigenvalue weighted by Crippen LogP contribution is 2.26. The van der Waals surface area contributed by atoms with E-state index in [1.165, 1.54) is 24.9 Å². The maximum Gasteiger partial charge on any atom is 0.313 e. The molecule has 6 nitrogen and oxygen atoms in total. The third kappa shape index (κ3) is 6.06. The third-order valence-electron chi connectivity index (χ3n) is 3.85. The minimum Gasteiger partial charge on any atom is -0.497 e. The number of methoxy groups -OCH3 is 3. The lowest BCUT2D eigenvalue weighted by Gasteiger charge is -2.09. The molecule has 2 aromatic carbocycles. The van der Waals surface area contributed by atoms with Crippen LogP contribution in [0.25, 0.3) is 6.08 Å². The summed E-state index contributed by atoms with van der Waals surface area (Å²) < 4.78 is 15.8. The van der Waals surface area contributed by atoms with Crippen LogP contribution in [0.1, 0.15) is 21.5 Å². The van der Waals surface area contributed by atoms with Gasteiger partial charge in [0.25, 0.3) is 0 Å². The minimum atomic E-state index is -0.882. The van der Waals surface area contributed by atoms with E-state index in [1.807, 2.05) is 0 Å². The van der Waals surface area contributed by atoms with Crippen LogP contribution >= 0.6 is 11.8 Å².